The smallest absolute Gasteiger partial charge is 0.227 e. The quantitative estimate of drug-likeness (QED) is 0.849. The Bertz CT molecular complexity index is 375. The molecule has 16 heavy (non-hydrogen) atoms. The molecule has 0 aromatic carbocycles. The highest BCUT2D eigenvalue weighted by molar-refractivity contribution is 7.10. The second kappa shape index (κ2) is 4.97. The van der Waals surface area contributed by atoms with Gasteiger partial charge in [-0.05, 0) is 36.8 Å². The molecule has 0 spiro atoms. The normalized spacial score (nSPS) is 21.1. The average molecular weight is 238 g/mol. The van der Waals surface area contributed by atoms with E-state index in [4.69, 9.17) is 5.73 Å². The number of hydrogen-bond acceptors (Lipinski definition) is 3. The van der Waals surface area contributed by atoms with Crippen molar-refractivity contribution in [2.75, 3.05) is 13.1 Å². The molecule has 3 nitrogen and oxygen atoms in total. The Morgan fingerprint density at radius 3 is 3.12 bits per heavy atom. The highest BCUT2D eigenvalue weighted by Gasteiger charge is 2.21. The van der Waals surface area contributed by atoms with Crippen molar-refractivity contribution in [2.24, 2.45) is 5.73 Å². The number of aryl methyl sites for hydroxylation is 1. The molecule has 1 fully saturated rings. The second-order valence-corrected chi connectivity index (χ2v) is 5.45. The van der Waals surface area contributed by atoms with Crippen LogP contribution in [0.1, 0.15) is 23.3 Å². The molecule has 2 rings (SSSR count). The molecule has 2 heterocycles. The molecule has 0 bridgehead atoms. The summed E-state index contributed by atoms with van der Waals surface area (Å²) in [5.74, 6) is 0.223. The first-order valence-corrected chi connectivity index (χ1v) is 6.61. The van der Waals surface area contributed by atoms with Crippen molar-refractivity contribution in [1.29, 1.82) is 0 Å². The second-order valence-electron chi connectivity index (χ2n) is 4.45. The lowest BCUT2D eigenvalue weighted by Crippen LogP contribution is -2.46. The van der Waals surface area contributed by atoms with E-state index >= 15 is 0 Å². The largest absolute Gasteiger partial charge is 0.341 e. The predicted octanol–water partition coefficient (Wildman–Crippen LogP) is 1.55. The van der Waals surface area contributed by atoms with Crippen LogP contribution in [0, 0.1) is 6.92 Å². The number of nitrogens with two attached hydrogens (primary N) is 1. The third-order valence-corrected chi connectivity index (χ3v) is 4.11. The summed E-state index contributed by atoms with van der Waals surface area (Å²) in [6.07, 6.45) is 2.62. The average Bonchev–Trinajstić information content (AvgIpc) is 2.64. The van der Waals surface area contributed by atoms with Gasteiger partial charge in [-0.2, -0.15) is 0 Å². The molecular weight excluding hydrogens is 220 g/mol. The van der Waals surface area contributed by atoms with Gasteiger partial charge in [0.05, 0.1) is 6.42 Å². The summed E-state index contributed by atoms with van der Waals surface area (Å²) in [5.41, 5.74) is 7.10. The van der Waals surface area contributed by atoms with E-state index in [-0.39, 0.29) is 11.9 Å². The minimum absolute atomic E-state index is 0.169. The van der Waals surface area contributed by atoms with Crippen molar-refractivity contribution in [3.05, 3.63) is 21.9 Å². The Balaban J connectivity index is 1.95. The molecule has 1 amide bonds. The summed E-state index contributed by atoms with van der Waals surface area (Å²) < 4.78 is 0. The SMILES string of the molecule is Cc1ccsc1CC(=O)N1CCCC(N)C1. The van der Waals surface area contributed by atoms with E-state index in [1.165, 1.54) is 10.4 Å². The highest BCUT2D eigenvalue weighted by atomic mass is 32.1. The van der Waals surface area contributed by atoms with E-state index < -0.39 is 0 Å². The van der Waals surface area contributed by atoms with Crippen LogP contribution in [0.4, 0.5) is 0 Å². The van der Waals surface area contributed by atoms with Gasteiger partial charge in [0.1, 0.15) is 0 Å². The van der Waals surface area contributed by atoms with Gasteiger partial charge in [0, 0.05) is 24.0 Å². The number of hydrogen-bond donors (Lipinski definition) is 1. The Hall–Kier alpha value is -0.870. The van der Waals surface area contributed by atoms with Gasteiger partial charge in [0.2, 0.25) is 5.91 Å². The molecule has 1 aromatic heterocycles. The maximum atomic E-state index is 12.0. The van der Waals surface area contributed by atoms with Gasteiger partial charge in [-0.15, -0.1) is 11.3 Å². The van der Waals surface area contributed by atoms with Crippen LogP contribution < -0.4 is 5.73 Å². The molecule has 88 valence electrons. The maximum Gasteiger partial charge on any atom is 0.227 e. The molecule has 1 saturated heterocycles. The Kier molecular flexibility index (Phi) is 3.61. The van der Waals surface area contributed by atoms with Crippen LogP contribution >= 0.6 is 11.3 Å². The summed E-state index contributed by atoms with van der Waals surface area (Å²) in [6.45, 7) is 3.65. The fourth-order valence-corrected chi connectivity index (χ4v) is 2.97. The first-order valence-electron chi connectivity index (χ1n) is 5.73. The molecule has 0 saturated carbocycles. The molecule has 0 radical (unpaired) electrons. The van der Waals surface area contributed by atoms with Crippen LogP contribution in [0.2, 0.25) is 0 Å². The van der Waals surface area contributed by atoms with E-state index in [1.54, 1.807) is 11.3 Å². The minimum atomic E-state index is 0.169. The lowest BCUT2D eigenvalue weighted by Gasteiger charge is -2.30. The number of carbonyl (C=O) groups excluding carboxylic acids is 1. The standard InChI is InChI=1S/C12H18N2OS/c1-9-4-6-16-11(9)7-12(15)14-5-2-3-10(13)8-14/h4,6,10H,2-3,5,7-8,13H2,1H3. The Morgan fingerprint density at radius 2 is 2.50 bits per heavy atom. The monoisotopic (exact) mass is 238 g/mol. The van der Waals surface area contributed by atoms with Crippen molar-refractivity contribution in [2.45, 2.75) is 32.2 Å². The number of amides is 1. The fourth-order valence-electron chi connectivity index (χ4n) is 2.07. The van der Waals surface area contributed by atoms with Crippen molar-refractivity contribution in [1.82, 2.24) is 4.90 Å². The van der Waals surface area contributed by atoms with Crippen molar-refractivity contribution in [3.63, 3.8) is 0 Å². The first kappa shape index (κ1) is 11.6. The van der Waals surface area contributed by atoms with Gasteiger partial charge in [0.15, 0.2) is 0 Å². The molecular formula is C12H18N2OS. The van der Waals surface area contributed by atoms with Crippen LogP contribution in [-0.2, 0) is 11.2 Å². The van der Waals surface area contributed by atoms with Gasteiger partial charge in [-0.25, -0.2) is 0 Å². The van der Waals surface area contributed by atoms with E-state index in [2.05, 4.69) is 13.0 Å². The van der Waals surface area contributed by atoms with E-state index in [0.717, 1.165) is 25.9 Å². The Morgan fingerprint density at radius 1 is 1.69 bits per heavy atom. The summed E-state index contributed by atoms with van der Waals surface area (Å²) in [7, 11) is 0. The van der Waals surface area contributed by atoms with Gasteiger partial charge in [-0.3, -0.25) is 4.79 Å². The summed E-state index contributed by atoms with van der Waals surface area (Å²) in [5, 5.41) is 2.04. The first-order chi connectivity index (χ1) is 7.66. The van der Waals surface area contributed by atoms with Crippen LogP contribution in [0.3, 0.4) is 0 Å². The number of likely N-dealkylation sites (tertiary alicyclic amines) is 1. The fraction of sp³-hybridized carbons (Fsp3) is 0.583. The number of carbonyl (C=O) groups is 1. The Labute approximate surface area is 100 Å². The molecule has 4 heteroatoms. The van der Waals surface area contributed by atoms with Gasteiger partial charge in [0.25, 0.3) is 0 Å². The summed E-state index contributed by atoms with van der Waals surface area (Å²) in [6, 6.07) is 2.23. The zero-order valence-corrected chi connectivity index (χ0v) is 10.4. The van der Waals surface area contributed by atoms with E-state index in [9.17, 15) is 4.79 Å². The van der Waals surface area contributed by atoms with Gasteiger partial charge < -0.3 is 10.6 Å². The number of nitrogens with zero attached hydrogens (tertiary/aromatic N) is 1. The van der Waals surface area contributed by atoms with Crippen LogP contribution in [0.25, 0.3) is 0 Å². The number of rotatable bonds is 2. The van der Waals surface area contributed by atoms with Gasteiger partial charge in [-0.1, -0.05) is 0 Å². The van der Waals surface area contributed by atoms with Crippen molar-refractivity contribution >= 4 is 17.2 Å². The lowest BCUT2D eigenvalue weighted by molar-refractivity contribution is -0.131. The van der Waals surface area contributed by atoms with Crippen LogP contribution in [0.15, 0.2) is 11.4 Å². The third-order valence-electron chi connectivity index (χ3n) is 3.09. The molecule has 1 atom stereocenters. The maximum absolute atomic E-state index is 12.0. The molecule has 0 aliphatic carbocycles. The van der Waals surface area contributed by atoms with Crippen LogP contribution in [-0.4, -0.2) is 29.9 Å². The summed E-state index contributed by atoms with van der Waals surface area (Å²) >= 11 is 1.66. The highest BCUT2D eigenvalue weighted by Crippen LogP contribution is 2.18. The minimum Gasteiger partial charge on any atom is -0.341 e. The van der Waals surface area contributed by atoms with Gasteiger partial charge >= 0.3 is 0 Å². The van der Waals surface area contributed by atoms with Crippen LogP contribution in [0.5, 0.6) is 0 Å². The van der Waals surface area contributed by atoms with E-state index in [0.29, 0.717) is 6.42 Å². The molecule has 1 aliphatic rings. The topological polar surface area (TPSA) is 46.3 Å². The number of piperidine rings is 1. The zero-order chi connectivity index (χ0) is 11.5. The molecule has 1 aromatic rings. The van der Waals surface area contributed by atoms with Crippen molar-refractivity contribution < 1.29 is 4.79 Å². The van der Waals surface area contributed by atoms with Crippen molar-refractivity contribution in [3.8, 4) is 0 Å². The molecule has 1 unspecified atom stereocenters. The predicted molar refractivity (Wildman–Crippen MR) is 66.5 cm³/mol. The third kappa shape index (κ3) is 2.62. The number of thiophene rings is 1. The van der Waals surface area contributed by atoms with E-state index in [1.807, 2.05) is 10.3 Å². The molecule has 2 N–H and O–H groups in total. The molecule has 1 aliphatic heterocycles. The summed E-state index contributed by atoms with van der Waals surface area (Å²) in [4.78, 5) is 15.1. The zero-order valence-electron chi connectivity index (χ0n) is 9.61. The lowest BCUT2D eigenvalue weighted by atomic mass is 10.1.